The summed E-state index contributed by atoms with van der Waals surface area (Å²) >= 11 is 1.71. The lowest BCUT2D eigenvalue weighted by Gasteiger charge is -2.18. The number of para-hydroxylation sites is 1. The monoisotopic (exact) mass is 290 g/mol. The minimum atomic E-state index is 0.0913. The van der Waals surface area contributed by atoms with Gasteiger partial charge >= 0.3 is 0 Å². The quantitative estimate of drug-likeness (QED) is 0.874. The molecule has 3 nitrogen and oxygen atoms in total. The Balaban J connectivity index is 2.39. The zero-order chi connectivity index (χ0) is 14.5. The normalized spacial score (nSPS) is 12.7. The molecule has 0 saturated heterocycles. The molecule has 1 aromatic heterocycles. The van der Waals surface area contributed by atoms with Gasteiger partial charge in [-0.05, 0) is 18.5 Å². The fourth-order valence-electron chi connectivity index (χ4n) is 2.14. The molecule has 1 aromatic carbocycles. The Kier molecular flexibility index (Phi) is 5.15. The average Bonchev–Trinajstić information content (AvgIpc) is 2.94. The zero-order valence-electron chi connectivity index (χ0n) is 12.5. The Morgan fingerprint density at radius 1 is 1.30 bits per heavy atom. The fraction of sp³-hybridized carbons (Fsp3) is 0.438. The molecule has 0 aliphatic heterocycles. The van der Waals surface area contributed by atoms with Crippen LogP contribution in [0.2, 0.25) is 0 Å². The number of benzene rings is 1. The van der Waals surface area contributed by atoms with Crippen LogP contribution in [-0.4, -0.2) is 18.6 Å². The summed E-state index contributed by atoms with van der Waals surface area (Å²) in [7, 11) is 1.71. The van der Waals surface area contributed by atoms with E-state index in [4.69, 9.17) is 9.72 Å². The van der Waals surface area contributed by atoms with E-state index >= 15 is 0 Å². The summed E-state index contributed by atoms with van der Waals surface area (Å²) in [4.78, 5) is 4.78. The number of ether oxygens (including phenoxy) is 1. The SMILES string of the molecule is CCNC(c1nc(C(C)C)cs1)c1ccccc1OC. The van der Waals surface area contributed by atoms with Crippen molar-refractivity contribution in [1.29, 1.82) is 0 Å². The van der Waals surface area contributed by atoms with E-state index in [9.17, 15) is 0 Å². The van der Waals surface area contributed by atoms with Gasteiger partial charge in [0.05, 0.1) is 18.8 Å². The van der Waals surface area contributed by atoms with Crippen molar-refractivity contribution in [2.75, 3.05) is 13.7 Å². The highest BCUT2D eigenvalue weighted by Crippen LogP contribution is 2.32. The van der Waals surface area contributed by atoms with Gasteiger partial charge in [0.15, 0.2) is 0 Å². The van der Waals surface area contributed by atoms with Gasteiger partial charge in [-0.15, -0.1) is 11.3 Å². The summed E-state index contributed by atoms with van der Waals surface area (Å²) < 4.78 is 5.49. The van der Waals surface area contributed by atoms with Crippen LogP contribution in [0, 0.1) is 0 Å². The third kappa shape index (κ3) is 3.19. The largest absolute Gasteiger partial charge is 0.496 e. The average molecular weight is 290 g/mol. The Bertz CT molecular complexity index is 551. The summed E-state index contributed by atoms with van der Waals surface area (Å²) in [6.45, 7) is 7.34. The predicted octanol–water partition coefficient (Wildman–Crippen LogP) is 3.97. The van der Waals surface area contributed by atoms with Crippen LogP contribution in [0.4, 0.5) is 0 Å². The van der Waals surface area contributed by atoms with Crippen molar-refractivity contribution in [3.63, 3.8) is 0 Å². The Morgan fingerprint density at radius 2 is 2.05 bits per heavy atom. The number of nitrogens with one attached hydrogen (secondary N) is 1. The lowest BCUT2D eigenvalue weighted by Crippen LogP contribution is -2.22. The molecule has 0 amide bonds. The van der Waals surface area contributed by atoms with Crippen molar-refractivity contribution < 1.29 is 4.74 Å². The number of aromatic nitrogens is 1. The highest BCUT2D eigenvalue weighted by molar-refractivity contribution is 7.09. The van der Waals surface area contributed by atoms with E-state index in [-0.39, 0.29) is 6.04 Å². The van der Waals surface area contributed by atoms with Crippen LogP contribution in [0.25, 0.3) is 0 Å². The molecule has 20 heavy (non-hydrogen) atoms. The number of thiazole rings is 1. The van der Waals surface area contributed by atoms with E-state index in [2.05, 4.69) is 37.5 Å². The van der Waals surface area contributed by atoms with E-state index in [1.54, 1.807) is 18.4 Å². The van der Waals surface area contributed by atoms with Crippen molar-refractivity contribution in [3.05, 3.63) is 45.9 Å². The highest BCUT2D eigenvalue weighted by atomic mass is 32.1. The topological polar surface area (TPSA) is 34.2 Å². The molecule has 0 radical (unpaired) electrons. The molecule has 2 aromatic rings. The maximum atomic E-state index is 5.49. The molecule has 1 heterocycles. The molecule has 1 N–H and O–H groups in total. The maximum Gasteiger partial charge on any atom is 0.124 e. The van der Waals surface area contributed by atoms with Gasteiger partial charge in [0, 0.05) is 10.9 Å². The van der Waals surface area contributed by atoms with E-state index in [0.29, 0.717) is 5.92 Å². The minimum Gasteiger partial charge on any atom is -0.496 e. The van der Waals surface area contributed by atoms with Crippen LogP contribution in [0.3, 0.4) is 0 Å². The first-order chi connectivity index (χ1) is 9.67. The lowest BCUT2D eigenvalue weighted by atomic mass is 10.1. The second-order valence-electron chi connectivity index (χ2n) is 5.00. The van der Waals surface area contributed by atoms with Gasteiger partial charge in [0.2, 0.25) is 0 Å². The molecule has 0 fully saturated rings. The van der Waals surface area contributed by atoms with Crippen LogP contribution in [0.15, 0.2) is 29.6 Å². The Hall–Kier alpha value is -1.39. The van der Waals surface area contributed by atoms with Crippen molar-refractivity contribution >= 4 is 11.3 Å². The molecule has 0 bridgehead atoms. The Labute approximate surface area is 125 Å². The molecule has 2 rings (SSSR count). The molecule has 1 unspecified atom stereocenters. The molecule has 0 saturated carbocycles. The number of rotatable bonds is 6. The molecule has 1 atom stereocenters. The van der Waals surface area contributed by atoms with E-state index in [1.807, 2.05) is 18.2 Å². The van der Waals surface area contributed by atoms with Crippen LogP contribution < -0.4 is 10.1 Å². The van der Waals surface area contributed by atoms with Crippen molar-refractivity contribution in [2.45, 2.75) is 32.7 Å². The summed E-state index contributed by atoms with van der Waals surface area (Å²) in [5, 5.41) is 6.76. The third-order valence-corrected chi connectivity index (χ3v) is 4.16. The second kappa shape index (κ2) is 6.86. The van der Waals surface area contributed by atoms with Gasteiger partial charge in [-0.1, -0.05) is 39.0 Å². The Morgan fingerprint density at radius 3 is 2.65 bits per heavy atom. The molecule has 4 heteroatoms. The fourth-order valence-corrected chi connectivity index (χ4v) is 3.21. The maximum absolute atomic E-state index is 5.49. The van der Waals surface area contributed by atoms with Crippen LogP contribution in [0.5, 0.6) is 5.75 Å². The van der Waals surface area contributed by atoms with Crippen LogP contribution in [-0.2, 0) is 0 Å². The summed E-state index contributed by atoms with van der Waals surface area (Å²) in [6, 6.07) is 8.22. The standard InChI is InChI=1S/C16H22N2OS/c1-5-17-15(12-8-6-7-9-14(12)19-4)16-18-13(10-20-16)11(2)3/h6-11,15,17H,5H2,1-4H3. The molecule has 0 spiro atoms. The number of nitrogens with zero attached hydrogens (tertiary/aromatic N) is 1. The molecule has 108 valence electrons. The first kappa shape index (κ1) is 15.0. The molecule has 0 aliphatic rings. The third-order valence-electron chi connectivity index (χ3n) is 3.24. The van der Waals surface area contributed by atoms with Crippen LogP contribution in [0.1, 0.15) is 49.0 Å². The number of methoxy groups -OCH3 is 1. The summed E-state index contributed by atoms with van der Waals surface area (Å²) in [5.41, 5.74) is 2.30. The van der Waals surface area contributed by atoms with Gasteiger partial charge in [-0.25, -0.2) is 4.98 Å². The first-order valence-electron chi connectivity index (χ1n) is 6.99. The molecule has 0 aliphatic carbocycles. The van der Waals surface area contributed by atoms with Gasteiger partial charge < -0.3 is 10.1 Å². The summed E-state index contributed by atoms with van der Waals surface area (Å²) in [5.74, 6) is 1.36. The van der Waals surface area contributed by atoms with Crippen molar-refractivity contribution in [1.82, 2.24) is 10.3 Å². The first-order valence-corrected chi connectivity index (χ1v) is 7.87. The summed E-state index contributed by atoms with van der Waals surface area (Å²) in [6.07, 6.45) is 0. The lowest BCUT2D eigenvalue weighted by molar-refractivity contribution is 0.404. The van der Waals surface area contributed by atoms with Gasteiger partial charge in [-0.2, -0.15) is 0 Å². The van der Waals surface area contributed by atoms with Gasteiger partial charge in [-0.3, -0.25) is 0 Å². The minimum absolute atomic E-state index is 0.0913. The van der Waals surface area contributed by atoms with E-state index in [0.717, 1.165) is 28.6 Å². The predicted molar refractivity (Wildman–Crippen MR) is 84.7 cm³/mol. The van der Waals surface area contributed by atoms with E-state index in [1.165, 1.54) is 0 Å². The smallest absolute Gasteiger partial charge is 0.124 e. The van der Waals surface area contributed by atoms with E-state index < -0.39 is 0 Å². The van der Waals surface area contributed by atoms with Gasteiger partial charge in [0.1, 0.15) is 10.8 Å². The highest BCUT2D eigenvalue weighted by Gasteiger charge is 2.20. The van der Waals surface area contributed by atoms with Gasteiger partial charge in [0.25, 0.3) is 0 Å². The van der Waals surface area contributed by atoms with Crippen molar-refractivity contribution in [2.24, 2.45) is 0 Å². The second-order valence-corrected chi connectivity index (χ2v) is 5.89. The number of hydrogen-bond acceptors (Lipinski definition) is 4. The van der Waals surface area contributed by atoms with Crippen LogP contribution >= 0.6 is 11.3 Å². The molecular formula is C16H22N2OS. The molecular weight excluding hydrogens is 268 g/mol. The zero-order valence-corrected chi connectivity index (χ0v) is 13.3. The number of hydrogen-bond donors (Lipinski definition) is 1. The van der Waals surface area contributed by atoms with Crippen molar-refractivity contribution in [3.8, 4) is 5.75 Å².